The largest absolute Gasteiger partial charge is 0.465 e. The molecule has 0 fully saturated rings. The molecule has 0 atom stereocenters. The highest BCUT2D eigenvalue weighted by molar-refractivity contribution is 7.89. The molecule has 2 rings (SSSR count). The van der Waals surface area contributed by atoms with Crippen LogP contribution in [0, 0.1) is 6.92 Å². The fraction of sp³-hybridized carbons (Fsp3) is 0.286. The van der Waals surface area contributed by atoms with Gasteiger partial charge in [-0.1, -0.05) is 12.1 Å². The third-order valence-corrected chi connectivity index (χ3v) is 4.26. The molecule has 0 radical (unpaired) electrons. The van der Waals surface area contributed by atoms with E-state index in [0.717, 1.165) is 11.3 Å². The van der Waals surface area contributed by atoms with Gasteiger partial charge in [-0.15, -0.1) is 0 Å². The summed E-state index contributed by atoms with van der Waals surface area (Å²) in [5.74, 6) is 1.36. The zero-order valence-corrected chi connectivity index (χ0v) is 12.3. The Morgan fingerprint density at radius 1 is 1.05 bits per heavy atom. The Hall–Kier alpha value is -1.63. The number of rotatable bonds is 6. The van der Waals surface area contributed by atoms with Crippen LogP contribution in [-0.2, 0) is 23.1 Å². The molecule has 0 aliphatic rings. The highest BCUT2D eigenvalue weighted by Crippen LogP contribution is 2.12. The lowest BCUT2D eigenvalue weighted by Crippen LogP contribution is -2.23. The molecule has 6 heteroatoms. The molecule has 0 saturated carbocycles. The Balaban J connectivity index is 2.05. The number of hydrogen-bond donors (Lipinski definition) is 2. The molecule has 5 nitrogen and oxygen atoms in total. The van der Waals surface area contributed by atoms with E-state index in [1.54, 1.807) is 36.4 Å². The first kappa shape index (κ1) is 14.8. The van der Waals surface area contributed by atoms with Gasteiger partial charge in [-0.05, 0) is 43.8 Å². The highest BCUT2D eigenvalue weighted by Gasteiger charge is 2.14. The Morgan fingerprint density at radius 2 is 1.75 bits per heavy atom. The number of aryl methyl sites for hydroxylation is 1. The van der Waals surface area contributed by atoms with Crippen molar-refractivity contribution in [2.24, 2.45) is 0 Å². The van der Waals surface area contributed by atoms with Gasteiger partial charge in [0.25, 0.3) is 0 Å². The minimum atomic E-state index is -3.51. The summed E-state index contributed by atoms with van der Waals surface area (Å²) in [5, 5.41) is 3.01. The first-order valence-corrected chi connectivity index (χ1v) is 7.78. The van der Waals surface area contributed by atoms with Gasteiger partial charge < -0.3 is 9.73 Å². The number of sulfonamides is 1. The molecule has 108 valence electrons. The van der Waals surface area contributed by atoms with Gasteiger partial charge in [0.05, 0.1) is 11.4 Å². The van der Waals surface area contributed by atoms with Crippen LogP contribution in [0.2, 0.25) is 0 Å². The lowest BCUT2D eigenvalue weighted by molar-refractivity contribution is 0.475. The van der Waals surface area contributed by atoms with Crippen LogP contribution in [0.3, 0.4) is 0 Å². The smallest absolute Gasteiger partial charge is 0.240 e. The van der Waals surface area contributed by atoms with Crippen LogP contribution in [0.25, 0.3) is 0 Å². The van der Waals surface area contributed by atoms with E-state index in [1.807, 2.05) is 14.0 Å². The van der Waals surface area contributed by atoms with Crippen molar-refractivity contribution in [3.8, 4) is 0 Å². The summed E-state index contributed by atoms with van der Waals surface area (Å²) in [6.07, 6.45) is 0. The fourth-order valence-corrected chi connectivity index (χ4v) is 2.81. The molecule has 2 aromatic rings. The van der Waals surface area contributed by atoms with Crippen LogP contribution in [0.15, 0.2) is 45.7 Å². The monoisotopic (exact) mass is 294 g/mol. The van der Waals surface area contributed by atoms with Crippen LogP contribution in [0.5, 0.6) is 0 Å². The average molecular weight is 294 g/mol. The Bertz CT molecular complexity index is 660. The van der Waals surface area contributed by atoms with Gasteiger partial charge >= 0.3 is 0 Å². The molecule has 2 N–H and O–H groups in total. The van der Waals surface area contributed by atoms with Crippen molar-refractivity contribution in [2.45, 2.75) is 24.9 Å². The number of furan rings is 1. The second-order valence-corrected chi connectivity index (χ2v) is 6.28. The quantitative estimate of drug-likeness (QED) is 0.852. The maximum atomic E-state index is 12.1. The van der Waals surface area contributed by atoms with Gasteiger partial charge in [-0.25, -0.2) is 13.1 Å². The van der Waals surface area contributed by atoms with E-state index >= 15 is 0 Å². The summed E-state index contributed by atoms with van der Waals surface area (Å²) >= 11 is 0. The van der Waals surface area contributed by atoms with Gasteiger partial charge in [0.15, 0.2) is 0 Å². The Kier molecular flexibility index (Phi) is 4.59. The third-order valence-electron chi connectivity index (χ3n) is 2.85. The van der Waals surface area contributed by atoms with Gasteiger partial charge in [0, 0.05) is 6.54 Å². The summed E-state index contributed by atoms with van der Waals surface area (Å²) in [6.45, 7) is 2.67. The molecular formula is C14H18N2O3S. The topological polar surface area (TPSA) is 71.3 Å². The van der Waals surface area contributed by atoms with E-state index in [2.05, 4.69) is 10.0 Å². The molecule has 1 aromatic carbocycles. The second kappa shape index (κ2) is 6.21. The van der Waals surface area contributed by atoms with Crippen molar-refractivity contribution in [2.75, 3.05) is 7.05 Å². The van der Waals surface area contributed by atoms with Gasteiger partial charge in [-0.3, -0.25) is 0 Å². The molecule has 20 heavy (non-hydrogen) atoms. The lowest BCUT2D eigenvalue weighted by Gasteiger charge is -2.06. The van der Waals surface area contributed by atoms with E-state index < -0.39 is 10.0 Å². The lowest BCUT2D eigenvalue weighted by atomic mass is 10.2. The van der Waals surface area contributed by atoms with Crippen molar-refractivity contribution in [1.82, 2.24) is 10.0 Å². The third kappa shape index (κ3) is 3.69. The number of nitrogens with one attached hydrogen (secondary N) is 2. The summed E-state index contributed by atoms with van der Waals surface area (Å²) < 4.78 is 32.1. The molecular weight excluding hydrogens is 276 g/mol. The molecule has 0 amide bonds. The van der Waals surface area contributed by atoms with E-state index in [-0.39, 0.29) is 11.4 Å². The Labute approximate surface area is 119 Å². The van der Waals surface area contributed by atoms with E-state index in [4.69, 9.17) is 4.42 Å². The summed E-state index contributed by atoms with van der Waals surface area (Å²) in [7, 11) is -1.67. The predicted octanol–water partition coefficient (Wildman–Crippen LogP) is 1.79. The number of hydrogen-bond acceptors (Lipinski definition) is 4. The first-order valence-electron chi connectivity index (χ1n) is 6.30. The van der Waals surface area contributed by atoms with Gasteiger partial charge in [-0.2, -0.15) is 0 Å². The molecule has 1 heterocycles. The SMILES string of the molecule is CNCc1ccc(S(=O)(=O)NCc2ccc(C)o2)cc1. The van der Waals surface area contributed by atoms with Crippen LogP contribution < -0.4 is 10.0 Å². The van der Waals surface area contributed by atoms with Crippen LogP contribution in [-0.4, -0.2) is 15.5 Å². The maximum absolute atomic E-state index is 12.1. The number of benzene rings is 1. The zero-order chi connectivity index (χ0) is 14.6. The molecule has 0 bridgehead atoms. The molecule has 0 spiro atoms. The van der Waals surface area contributed by atoms with Gasteiger partial charge in [0.1, 0.15) is 11.5 Å². The van der Waals surface area contributed by atoms with Gasteiger partial charge in [0.2, 0.25) is 10.0 Å². The van der Waals surface area contributed by atoms with E-state index in [1.165, 1.54) is 0 Å². The van der Waals surface area contributed by atoms with Crippen molar-refractivity contribution in [1.29, 1.82) is 0 Å². The second-order valence-electron chi connectivity index (χ2n) is 4.51. The minimum absolute atomic E-state index is 0.147. The normalized spacial score (nSPS) is 11.7. The van der Waals surface area contributed by atoms with Crippen LogP contribution in [0.1, 0.15) is 17.1 Å². The standard InChI is InChI=1S/C14H18N2O3S/c1-11-3-6-13(19-11)10-16-20(17,18)14-7-4-12(5-8-14)9-15-2/h3-8,15-16H,9-10H2,1-2H3. The molecule has 0 saturated heterocycles. The highest BCUT2D eigenvalue weighted by atomic mass is 32.2. The molecule has 0 unspecified atom stereocenters. The molecule has 0 aliphatic heterocycles. The predicted molar refractivity (Wildman–Crippen MR) is 76.7 cm³/mol. The summed E-state index contributed by atoms with van der Waals surface area (Å²) in [4.78, 5) is 0.251. The molecule has 0 aliphatic carbocycles. The zero-order valence-electron chi connectivity index (χ0n) is 11.5. The first-order chi connectivity index (χ1) is 9.51. The summed E-state index contributed by atoms with van der Waals surface area (Å²) in [6, 6.07) is 10.3. The fourth-order valence-electron chi connectivity index (χ4n) is 1.82. The Morgan fingerprint density at radius 3 is 2.30 bits per heavy atom. The maximum Gasteiger partial charge on any atom is 0.240 e. The van der Waals surface area contributed by atoms with Crippen LogP contribution >= 0.6 is 0 Å². The van der Waals surface area contributed by atoms with Crippen molar-refractivity contribution >= 4 is 10.0 Å². The van der Waals surface area contributed by atoms with Crippen molar-refractivity contribution in [3.63, 3.8) is 0 Å². The molecule has 1 aromatic heterocycles. The average Bonchev–Trinajstić information content (AvgIpc) is 2.84. The van der Waals surface area contributed by atoms with E-state index in [9.17, 15) is 8.42 Å². The van der Waals surface area contributed by atoms with Crippen LogP contribution in [0.4, 0.5) is 0 Å². The minimum Gasteiger partial charge on any atom is -0.465 e. The summed E-state index contributed by atoms with van der Waals surface area (Å²) in [5.41, 5.74) is 1.04. The van der Waals surface area contributed by atoms with Crippen molar-refractivity contribution in [3.05, 3.63) is 53.5 Å². The van der Waals surface area contributed by atoms with E-state index in [0.29, 0.717) is 12.3 Å². The van der Waals surface area contributed by atoms with Crippen molar-refractivity contribution < 1.29 is 12.8 Å².